The predicted octanol–water partition coefficient (Wildman–Crippen LogP) is 2.77. The molecule has 2 aromatic rings. The first-order chi connectivity index (χ1) is 12.1. The molecule has 25 heavy (non-hydrogen) atoms. The number of carbonyl (C=O) groups is 2. The van der Waals surface area contributed by atoms with Crippen molar-refractivity contribution in [3.8, 4) is 0 Å². The van der Waals surface area contributed by atoms with Gasteiger partial charge in [-0.1, -0.05) is 37.3 Å². The molecule has 0 radical (unpaired) electrons. The van der Waals surface area contributed by atoms with E-state index in [1.54, 1.807) is 4.90 Å². The molecule has 1 aliphatic heterocycles. The Bertz CT molecular complexity index is 733. The average Bonchev–Trinajstić information content (AvgIpc) is 3.12. The van der Waals surface area contributed by atoms with Gasteiger partial charge < -0.3 is 15.2 Å². The smallest absolute Gasteiger partial charge is 0.272 e. The van der Waals surface area contributed by atoms with Gasteiger partial charge >= 0.3 is 0 Å². The van der Waals surface area contributed by atoms with Gasteiger partial charge in [0.05, 0.1) is 12.4 Å². The first-order valence-electron chi connectivity index (χ1n) is 8.74. The number of likely N-dealkylation sites (tertiary alicyclic amines) is 1. The highest BCUT2D eigenvalue weighted by Crippen LogP contribution is 2.19. The van der Waals surface area contributed by atoms with E-state index in [1.807, 2.05) is 37.3 Å². The fourth-order valence-corrected chi connectivity index (χ4v) is 3.09. The van der Waals surface area contributed by atoms with Crippen molar-refractivity contribution in [3.05, 3.63) is 53.6 Å². The maximum absolute atomic E-state index is 12.7. The summed E-state index contributed by atoms with van der Waals surface area (Å²) in [6.07, 6.45) is 3.39. The first kappa shape index (κ1) is 17.2. The van der Waals surface area contributed by atoms with Gasteiger partial charge in [-0.3, -0.25) is 9.59 Å². The second-order valence-electron chi connectivity index (χ2n) is 6.71. The Morgan fingerprint density at radius 2 is 1.92 bits per heavy atom. The molecular formula is C19H24N4O2. The predicted molar refractivity (Wildman–Crippen MR) is 95.2 cm³/mol. The molecule has 0 spiro atoms. The Hall–Kier alpha value is -2.63. The number of imidazole rings is 1. The third-order valence-electron chi connectivity index (χ3n) is 4.79. The lowest BCUT2D eigenvalue weighted by molar-refractivity contribution is 0.0686. The molecule has 0 bridgehead atoms. The van der Waals surface area contributed by atoms with Crippen LogP contribution in [0.15, 0.2) is 36.7 Å². The van der Waals surface area contributed by atoms with E-state index >= 15 is 0 Å². The second kappa shape index (κ2) is 7.51. The molecule has 1 aliphatic rings. The number of benzene rings is 1. The summed E-state index contributed by atoms with van der Waals surface area (Å²) >= 11 is 0. The van der Waals surface area contributed by atoms with Crippen LogP contribution in [-0.2, 0) is 0 Å². The molecule has 6 heteroatoms. The summed E-state index contributed by atoms with van der Waals surface area (Å²) in [7, 11) is 0. The van der Waals surface area contributed by atoms with Gasteiger partial charge in [0.2, 0.25) is 0 Å². The second-order valence-corrected chi connectivity index (χ2v) is 6.71. The molecule has 1 fully saturated rings. The number of piperidine rings is 1. The molecule has 2 heterocycles. The number of hydrogen-bond donors (Lipinski definition) is 2. The Morgan fingerprint density at radius 1 is 1.24 bits per heavy atom. The van der Waals surface area contributed by atoms with Gasteiger partial charge in [0, 0.05) is 13.1 Å². The van der Waals surface area contributed by atoms with Gasteiger partial charge in [-0.05, 0) is 31.2 Å². The van der Waals surface area contributed by atoms with Gasteiger partial charge in [-0.25, -0.2) is 4.98 Å². The molecule has 3 rings (SSSR count). The standard InChI is InChI=1S/C19H24N4O2/c1-13-8-10-23(11-9-13)19(25)17-16(20-12-21-17)18(24)22-14(2)15-6-4-3-5-7-15/h3-7,12-14H,8-11H2,1-2H3,(H,20,21)(H,22,24)/t14-/m1/s1. The lowest BCUT2D eigenvalue weighted by atomic mass is 9.99. The maximum Gasteiger partial charge on any atom is 0.272 e. The van der Waals surface area contributed by atoms with Crippen LogP contribution in [0.2, 0.25) is 0 Å². The zero-order valence-corrected chi connectivity index (χ0v) is 14.7. The number of carbonyl (C=O) groups excluding carboxylic acids is 2. The van der Waals surface area contributed by atoms with E-state index in [4.69, 9.17) is 0 Å². The zero-order valence-electron chi connectivity index (χ0n) is 14.7. The van der Waals surface area contributed by atoms with Crippen LogP contribution in [0.5, 0.6) is 0 Å². The monoisotopic (exact) mass is 340 g/mol. The van der Waals surface area contributed by atoms with Gasteiger partial charge in [0.15, 0.2) is 5.69 Å². The van der Waals surface area contributed by atoms with E-state index in [0.717, 1.165) is 31.5 Å². The molecule has 0 aliphatic carbocycles. The number of nitrogens with one attached hydrogen (secondary N) is 2. The van der Waals surface area contributed by atoms with Crippen molar-refractivity contribution in [1.29, 1.82) is 0 Å². The summed E-state index contributed by atoms with van der Waals surface area (Å²) < 4.78 is 0. The summed E-state index contributed by atoms with van der Waals surface area (Å²) in [5.74, 6) is 0.147. The molecular weight excluding hydrogens is 316 g/mol. The van der Waals surface area contributed by atoms with E-state index < -0.39 is 0 Å². The van der Waals surface area contributed by atoms with Crippen molar-refractivity contribution in [2.45, 2.75) is 32.7 Å². The fourth-order valence-electron chi connectivity index (χ4n) is 3.09. The number of aromatic nitrogens is 2. The van der Waals surface area contributed by atoms with Gasteiger partial charge in [0.25, 0.3) is 11.8 Å². The lowest BCUT2D eigenvalue weighted by Crippen LogP contribution is -2.39. The highest BCUT2D eigenvalue weighted by molar-refractivity contribution is 6.04. The van der Waals surface area contributed by atoms with Gasteiger partial charge in [0.1, 0.15) is 5.69 Å². The maximum atomic E-state index is 12.7. The normalized spacial score (nSPS) is 16.5. The van der Waals surface area contributed by atoms with Crippen LogP contribution in [0.25, 0.3) is 0 Å². The van der Waals surface area contributed by atoms with Crippen LogP contribution in [0.3, 0.4) is 0 Å². The summed E-state index contributed by atoms with van der Waals surface area (Å²) in [6, 6.07) is 9.54. The number of amides is 2. The van der Waals surface area contributed by atoms with Crippen molar-refractivity contribution in [1.82, 2.24) is 20.2 Å². The van der Waals surface area contributed by atoms with E-state index in [2.05, 4.69) is 22.2 Å². The molecule has 2 amide bonds. The third kappa shape index (κ3) is 3.90. The lowest BCUT2D eigenvalue weighted by Gasteiger charge is -2.30. The largest absolute Gasteiger partial charge is 0.344 e. The number of rotatable bonds is 4. The topological polar surface area (TPSA) is 78.1 Å². The molecule has 1 aromatic heterocycles. The minimum atomic E-state index is -0.341. The Labute approximate surface area is 147 Å². The molecule has 0 saturated carbocycles. The van der Waals surface area contributed by atoms with Crippen molar-refractivity contribution in [2.75, 3.05) is 13.1 Å². The Morgan fingerprint density at radius 3 is 2.60 bits per heavy atom. The third-order valence-corrected chi connectivity index (χ3v) is 4.79. The molecule has 0 unspecified atom stereocenters. The molecule has 1 aromatic carbocycles. The number of H-pyrrole nitrogens is 1. The van der Waals surface area contributed by atoms with E-state index in [0.29, 0.717) is 5.92 Å². The Balaban J connectivity index is 1.70. The highest BCUT2D eigenvalue weighted by Gasteiger charge is 2.27. The van der Waals surface area contributed by atoms with E-state index in [-0.39, 0.29) is 29.2 Å². The number of aromatic amines is 1. The summed E-state index contributed by atoms with van der Waals surface area (Å²) in [4.78, 5) is 34.0. The molecule has 1 atom stereocenters. The van der Waals surface area contributed by atoms with E-state index in [1.165, 1.54) is 6.33 Å². The molecule has 6 nitrogen and oxygen atoms in total. The minimum absolute atomic E-state index is 0.151. The van der Waals surface area contributed by atoms with Crippen molar-refractivity contribution < 1.29 is 9.59 Å². The average molecular weight is 340 g/mol. The minimum Gasteiger partial charge on any atom is -0.344 e. The molecule has 1 saturated heterocycles. The van der Waals surface area contributed by atoms with Crippen molar-refractivity contribution in [2.24, 2.45) is 5.92 Å². The van der Waals surface area contributed by atoms with Crippen molar-refractivity contribution >= 4 is 11.8 Å². The molecule has 2 N–H and O–H groups in total. The van der Waals surface area contributed by atoms with E-state index in [9.17, 15) is 9.59 Å². The van der Waals surface area contributed by atoms with Crippen LogP contribution in [0.4, 0.5) is 0 Å². The first-order valence-corrected chi connectivity index (χ1v) is 8.74. The van der Waals surface area contributed by atoms with Crippen LogP contribution < -0.4 is 5.32 Å². The number of nitrogens with zero attached hydrogens (tertiary/aromatic N) is 2. The highest BCUT2D eigenvalue weighted by atomic mass is 16.2. The van der Waals surface area contributed by atoms with Crippen molar-refractivity contribution in [3.63, 3.8) is 0 Å². The zero-order chi connectivity index (χ0) is 17.8. The van der Waals surface area contributed by atoms with Crippen LogP contribution in [0.1, 0.15) is 59.3 Å². The van der Waals surface area contributed by atoms with Crippen LogP contribution >= 0.6 is 0 Å². The van der Waals surface area contributed by atoms with Gasteiger partial charge in [-0.2, -0.15) is 0 Å². The summed E-state index contributed by atoms with van der Waals surface area (Å²) in [5, 5.41) is 2.91. The fraction of sp³-hybridized carbons (Fsp3) is 0.421. The van der Waals surface area contributed by atoms with Crippen LogP contribution in [-0.4, -0.2) is 39.8 Å². The van der Waals surface area contributed by atoms with Gasteiger partial charge in [-0.15, -0.1) is 0 Å². The summed E-state index contributed by atoms with van der Waals surface area (Å²) in [6.45, 7) is 5.55. The van der Waals surface area contributed by atoms with Crippen LogP contribution in [0, 0.1) is 5.92 Å². The Kier molecular flexibility index (Phi) is 5.16. The quantitative estimate of drug-likeness (QED) is 0.898. The summed E-state index contributed by atoms with van der Waals surface area (Å²) in [5.41, 5.74) is 1.43. The number of hydrogen-bond acceptors (Lipinski definition) is 3. The SMILES string of the molecule is CC1CCN(C(=O)c2[nH]cnc2C(=O)N[C@H](C)c2ccccc2)CC1. The molecule has 132 valence electrons.